The third kappa shape index (κ3) is 3.83. The normalized spacial score (nSPS) is 10.2. The number of aryl methyl sites for hydroxylation is 1. The number of carbonyl (C=O) groups excluding carboxylic acids is 2. The summed E-state index contributed by atoms with van der Waals surface area (Å²) in [5.41, 5.74) is 7.46. The Morgan fingerprint density at radius 1 is 1.33 bits per heavy atom. The maximum Gasteiger partial charge on any atom is 0.243 e. The van der Waals surface area contributed by atoms with Crippen molar-refractivity contribution in [3.8, 4) is 5.69 Å². The van der Waals surface area contributed by atoms with E-state index < -0.39 is 0 Å². The van der Waals surface area contributed by atoms with Crippen LogP contribution in [-0.4, -0.2) is 45.1 Å². The molecular formula is C12H15N7O2. The van der Waals surface area contributed by atoms with Crippen molar-refractivity contribution in [1.29, 1.82) is 0 Å². The van der Waals surface area contributed by atoms with Crippen LogP contribution >= 0.6 is 0 Å². The van der Waals surface area contributed by atoms with Gasteiger partial charge in [0.05, 0.1) is 18.8 Å². The smallest absolute Gasteiger partial charge is 0.243 e. The number of aromatic nitrogens is 4. The molecule has 1 aromatic heterocycles. The number of hydrogen-bond donors (Lipinski definition) is 3. The number of amides is 2. The number of nitrogens with one attached hydrogen (secondary N) is 2. The fourth-order valence-corrected chi connectivity index (χ4v) is 1.72. The van der Waals surface area contributed by atoms with Gasteiger partial charge in [-0.3, -0.25) is 9.59 Å². The topological polar surface area (TPSA) is 128 Å². The second-order valence-corrected chi connectivity index (χ2v) is 4.28. The molecule has 2 amide bonds. The molecule has 9 nitrogen and oxygen atoms in total. The van der Waals surface area contributed by atoms with E-state index in [4.69, 9.17) is 5.73 Å². The van der Waals surface area contributed by atoms with Gasteiger partial charge in [0.25, 0.3) is 0 Å². The quantitative estimate of drug-likeness (QED) is 0.646. The average Bonchev–Trinajstić information content (AvgIpc) is 2.98. The van der Waals surface area contributed by atoms with E-state index >= 15 is 0 Å². The SMILES string of the molecule is Cc1cc(NC(=O)CNC(=O)CN)ccc1-n1cnnn1. The highest BCUT2D eigenvalue weighted by Crippen LogP contribution is 2.17. The van der Waals surface area contributed by atoms with Gasteiger partial charge in [-0.15, -0.1) is 5.10 Å². The molecule has 0 atom stereocenters. The first-order valence-corrected chi connectivity index (χ1v) is 6.21. The zero-order valence-electron chi connectivity index (χ0n) is 11.4. The van der Waals surface area contributed by atoms with Gasteiger partial charge in [-0.1, -0.05) is 0 Å². The summed E-state index contributed by atoms with van der Waals surface area (Å²) in [5, 5.41) is 16.0. The maximum absolute atomic E-state index is 11.7. The van der Waals surface area contributed by atoms with E-state index in [1.807, 2.05) is 6.92 Å². The first-order valence-electron chi connectivity index (χ1n) is 6.21. The number of hydrogen-bond acceptors (Lipinski definition) is 6. The van der Waals surface area contributed by atoms with Crippen molar-refractivity contribution in [2.45, 2.75) is 6.92 Å². The molecule has 0 bridgehead atoms. The third-order valence-corrected chi connectivity index (χ3v) is 2.71. The van der Waals surface area contributed by atoms with Gasteiger partial charge >= 0.3 is 0 Å². The number of rotatable bonds is 5. The van der Waals surface area contributed by atoms with Gasteiger partial charge in [0.2, 0.25) is 11.8 Å². The van der Waals surface area contributed by atoms with Crippen LogP contribution < -0.4 is 16.4 Å². The number of benzene rings is 1. The van der Waals surface area contributed by atoms with Crippen molar-refractivity contribution in [3.05, 3.63) is 30.1 Å². The van der Waals surface area contributed by atoms with E-state index in [0.717, 1.165) is 11.3 Å². The highest BCUT2D eigenvalue weighted by Gasteiger charge is 2.07. The Morgan fingerprint density at radius 2 is 2.14 bits per heavy atom. The number of tetrazole rings is 1. The Labute approximate surface area is 120 Å². The van der Waals surface area contributed by atoms with Crippen molar-refractivity contribution in [2.75, 3.05) is 18.4 Å². The van der Waals surface area contributed by atoms with Crippen molar-refractivity contribution >= 4 is 17.5 Å². The zero-order valence-corrected chi connectivity index (χ0v) is 11.4. The molecule has 4 N–H and O–H groups in total. The maximum atomic E-state index is 11.7. The highest BCUT2D eigenvalue weighted by atomic mass is 16.2. The second kappa shape index (κ2) is 6.57. The molecule has 2 aromatic rings. The van der Waals surface area contributed by atoms with Gasteiger partial charge in [0.1, 0.15) is 6.33 Å². The summed E-state index contributed by atoms with van der Waals surface area (Å²) in [7, 11) is 0. The summed E-state index contributed by atoms with van der Waals surface area (Å²) in [5.74, 6) is -0.707. The summed E-state index contributed by atoms with van der Waals surface area (Å²) in [6.07, 6.45) is 1.49. The van der Waals surface area contributed by atoms with Crippen LogP contribution in [0, 0.1) is 6.92 Å². The molecule has 0 fully saturated rings. The van der Waals surface area contributed by atoms with E-state index in [9.17, 15) is 9.59 Å². The Bertz CT molecular complexity index is 639. The Morgan fingerprint density at radius 3 is 2.76 bits per heavy atom. The van der Waals surface area contributed by atoms with Crippen LogP contribution in [0.1, 0.15) is 5.56 Å². The number of nitrogens with zero attached hydrogens (tertiary/aromatic N) is 4. The molecule has 2 rings (SSSR count). The number of carbonyl (C=O) groups is 2. The minimum Gasteiger partial charge on any atom is -0.346 e. The first kappa shape index (κ1) is 14.6. The summed E-state index contributed by atoms with van der Waals surface area (Å²) < 4.78 is 1.53. The van der Waals surface area contributed by atoms with Crippen LogP contribution in [0.5, 0.6) is 0 Å². The fourth-order valence-electron chi connectivity index (χ4n) is 1.72. The van der Waals surface area contributed by atoms with Crippen LogP contribution in [-0.2, 0) is 9.59 Å². The molecule has 21 heavy (non-hydrogen) atoms. The molecule has 0 spiro atoms. The Hall–Kier alpha value is -2.81. The van der Waals surface area contributed by atoms with Crippen LogP contribution in [0.3, 0.4) is 0 Å². The lowest BCUT2D eigenvalue weighted by atomic mass is 10.2. The summed E-state index contributed by atoms with van der Waals surface area (Å²) in [6.45, 7) is 1.61. The molecule has 9 heteroatoms. The molecule has 1 aromatic carbocycles. The minimum atomic E-state index is -0.379. The van der Waals surface area contributed by atoms with Crippen molar-refractivity contribution < 1.29 is 9.59 Å². The number of nitrogens with two attached hydrogens (primary N) is 1. The van der Waals surface area contributed by atoms with E-state index in [-0.39, 0.29) is 24.9 Å². The largest absolute Gasteiger partial charge is 0.346 e. The van der Waals surface area contributed by atoms with Crippen LogP contribution in [0.25, 0.3) is 5.69 Å². The van der Waals surface area contributed by atoms with Crippen molar-refractivity contribution in [1.82, 2.24) is 25.5 Å². The Balaban J connectivity index is 2.00. The first-order chi connectivity index (χ1) is 10.1. The van der Waals surface area contributed by atoms with Crippen molar-refractivity contribution in [2.24, 2.45) is 5.73 Å². The third-order valence-electron chi connectivity index (χ3n) is 2.71. The molecule has 0 aliphatic heterocycles. The molecule has 0 aliphatic carbocycles. The van der Waals surface area contributed by atoms with Gasteiger partial charge in [-0.25, -0.2) is 4.68 Å². The van der Waals surface area contributed by atoms with Gasteiger partial charge in [-0.05, 0) is 41.1 Å². The van der Waals surface area contributed by atoms with Crippen molar-refractivity contribution in [3.63, 3.8) is 0 Å². The fraction of sp³-hybridized carbons (Fsp3) is 0.250. The van der Waals surface area contributed by atoms with Crippen LogP contribution in [0.4, 0.5) is 5.69 Å². The predicted octanol–water partition coefficient (Wildman–Crippen LogP) is -1.02. The second-order valence-electron chi connectivity index (χ2n) is 4.28. The zero-order chi connectivity index (χ0) is 15.2. The van der Waals surface area contributed by atoms with E-state index in [1.165, 1.54) is 11.0 Å². The van der Waals surface area contributed by atoms with Gasteiger partial charge in [0.15, 0.2) is 0 Å². The van der Waals surface area contributed by atoms with E-state index in [1.54, 1.807) is 18.2 Å². The summed E-state index contributed by atoms with van der Waals surface area (Å²) >= 11 is 0. The lowest BCUT2D eigenvalue weighted by Crippen LogP contribution is -2.36. The molecule has 0 saturated carbocycles. The summed E-state index contributed by atoms with van der Waals surface area (Å²) in [4.78, 5) is 22.6. The van der Waals surface area contributed by atoms with E-state index in [2.05, 4.69) is 26.2 Å². The predicted molar refractivity (Wildman–Crippen MR) is 74.6 cm³/mol. The monoisotopic (exact) mass is 289 g/mol. The molecule has 1 heterocycles. The molecule has 0 unspecified atom stereocenters. The van der Waals surface area contributed by atoms with Gasteiger partial charge < -0.3 is 16.4 Å². The molecule has 110 valence electrons. The van der Waals surface area contributed by atoms with Gasteiger partial charge in [0, 0.05) is 5.69 Å². The lowest BCUT2D eigenvalue weighted by molar-refractivity contribution is -0.123. The van der Waals surface area contributed by atoms with Crippen LogP contribution in [0.15, 0.2) is 24.5 Å². The molecule has 0 aliphatic rings. The summed E-state index contributed by atoms with van der Waals surface area (Å²) in [6, 6.07) is 5.31. The highest BCUT2D eigenvalue weighted by molar-refractivity contribution is 5.94. The molecular weight excluding hydrogens is 274 g/mol. The number of anilines is 1. The average molecular weight is 289 g/mol. The van der Waals surface area contributed by atoms with E-state index in [0.29, 0.717) is 5.69 Å². The van der Waals surface area contributed by atoms with Gasteiger partial charge in [-0.2, -0.15) is 0 Å². The molecule has 0 saturated heterocycles. The minimum absolute atomic E-state index is 0.121. The Kier molecular flexibility index (Phi) is 4.57. The molecule has 0 radical (unpaired) electrons. The standard InChI is InChI=1S/C12H15N7O2/c1-8-4-9(16-12(21)6-14-11(20)5-13)2-3-10(8)19-7-15-17-18-19/h2-4,7H,5-6,13H2,1H3,(H,14,20)(H,16,21). The lowest BCUT2D eigenvalue weighted by Gasteiger charge is -2.09. The van der Waals surface area contributed by atoms with Crippen LogP contribution in [0.2, 0.25) is 0 Å².